The molecule has 2 saturated heterocycles. The predicted molar refractivity (Wildman–Crippen MR) is 71.0 cm³/mol. The van der Waals surface area contributed by atoms with Gasteiger partial charge in [0.1, 0.15) is 0 Å². The molecule has 3 aliphatic rings. The van der Waals surface area contributed by atoms with Crippen molar-refractivity contribution in [3.05, 3.63) is 0 Å². The molecule has 3 fully saturated rings. The van der Waals surface area contributed by atoms with E-state index in [4.69, 9.17) is 9.47 Å². The molecule has 19 heavy (non-hydrogen) atoms. The Morgan fingerprint density at radius 1 is 0.895 bits per heavy atom. The first-order chi connectivity index (χ1) is 9.31. The number of hydrogen-bond donors (Lipinski definition) is 2. The Balaban J connectivity index is 1.40. The van der Waals surface area contributed by atoms with E-state index in [1.807, 2.05) is 0 Å². The molecular weight excluding hydrogens is 244 g/mol. The van der Waals surface area contributed by atoms with Gasteiger partial charge in [-0.1, -0.05) is 0 Å². The topological polar surface area (TPSA) is 59.6 Å². The van der Waals surface area contributed by atoms with Crippen LogP contribution in [0.1, 0.15) is 38.5 Å². The van der Waals surface area contributed by atoms with Gasteiger partial charge in [-0.25, -0.2) is 4.79 Å². The number of urea groups is 1. The van der Waals surface area contributed by atoms with Gasteiger partial charge in [0.15, 0.2) is 0 Å². The molecule has 2 atom stereocenters. The third-order valence-electron chi connectivity index (χ3n) is 4.35. The van der Waals surface area contributed by atoms with Crippen molar-refractivity contribution in [1.82, 2.24) is 10.6 Å². The summed E-state index contributed by atoms with van der Waals surface area (Å²) in [5, 5.41) is 6.16. The smallest absolute Gasteiger partial charge is 0.315 e. The Kier molecular flexibility index (Phi) is 4.23. The lowest BCUT2D eigenvalue weighted by atomic mass is 10.0. The van der Waals surface area contributed by atoms with Crippen LogP contribution in [-0.4, -0.2) is 44.0 Å². The molecule has 5 nitrogen and oxygen atoms in total. The van der Waals surface area contributed by atoms with Crippen molar-refractivity contribution in [2.75, 3.05) is 19.8 Å². The van der Waals surface area contributed by atoms with Crippen molar-refractivity contribution in [3.8, 4) is 0 Å². The van der Waals surface area contributed by atoms with E-state index in [0.29, 0.717) is 6.10 Å². The largest absolute Gasteiger partial charge is 0.381 e. The highest BCUT2D eigenvalue weighted by Crippen LogP contribution is 2.38. The fourth-order valence-corrected chi connectivity index (χ4v) is 3.01. The summed E-state index contributed by atoms with van der Waals surface area (Å²) in [6, 6.07) is 0.528. The molecule has 2 aliphatic heterocycles. The molecule has 108 valence electrons. The number of amides is 2. The van der Waals surface area contributed by atoms with Crippen LogP contribution in [-0.2, 0) is 9.47 Å². The number of hydrogen-bond acceptors (Lipinski definition) is 3. The summed E-state index contributed by atoms with van der Waals surface area (Å²) < 4.78 is 11.1. The van der Waals surface area contributed by atoms with Gasteiger partial charge in [0, 0.05) is 31.9 Å². The third kappa shape index (κ3) is 3.83. The maximum Gasteiger partial charge on any atom is 0.315 e. The van der Waals surface area contributed by atoms with Crippen molar-refractivity contribution in [3.63, 3.8) is 0 Å². The lowest BCUT2D eigenvalue weighted by Gasteiger charge is -2.31. The minimum absolute atomic E-state index is 0.0200. The summed E-state index contributed by atoms with van der Waals surface area (Å²) in [6.45, 7) is 2.29. The molecule has 0 unspecified atom stereocenters. The number of carbonyl (C=O) groups is 1. The average Bonchev–Trinajstić information content (AvgIpc) is 3.24. The molecule has 1 aliphatic carbocycles. The standard InChI is InChI=1S/C14H24N2O3/c17-14(15-11-3-6-18-7-4-11)16-12-5-8-19-13(9-12)10-1-2-10/h10-13H,1-9H2,(H2,15,16,17)/t12-,13+/m1/s1. The van der Waals surface area contributed by atoms with Gasteiger partial charge >= 0.3 is 6.03 Å². The van der Waals surface area contributed by atoms with Gasteiger partial charge in [-0.2, -0.15) is 0 Å². The minimum Gasteiger partial charge on any atom is -0.381 e. The molecule has 0 radical (unpaired) electrons. The second kappa shape index (κ2) is 6.09. The van der Waals surface area contributed by atoms with Crippen LogP contribution in [0.2, 0.25) is 0 Å². The molecule has 0 aromatic rings. The highest BCUT2D eigenvalue weighted by atomic mass is 16.5. The van der Waals surface area contributed by atoms with Crippen LogP contribution in [0, 0.1) is 5.92 Å². The Labute approximate surface area is 114 Å². The van der Waals surface area contributed by atoms with Gasteiger partial charge in [0.05, 0.1) is 6.10 Å². The monoisotopic (exact) mass is 268 g/mol. The number of rotatable bonds is 3. The van der Waals surface area contributed by atoms with Crippen molar-refractivity contribution in [2.45, 2.75) is 56.7 Å². The van der Waals surface area contributed by atoms with E-state index in [0.717, 1.165) is 51.4 Å². The fourth-order valence-electron chi connectivity index (χ4n) is 3.01. The molecule has 0 spiro atoms. The number of carbonyl (C=O) groups excluding carboxylic acids is 1. The number of ether oxygens (including phenoxy) is 2. The van der Waals surface area contributed by atoms with Crippen molar-refractivity contribution >= 4 is 6.03 Å². The van der Waals surface area contributed by atoms with Crippen LogP contribution in [0.4, 0.5) is 4.79 Å². The SMILES string of the molecule is O=C(NC1CCOCC1)N[C@@H]1CCO[C@H](C2CC2)C1. The number of nitrogens with one attached hydrogen (secondary N) is 2. The zero-order valence-electron chi connectivity index (χ0n) is 11.4. The fraction of sp³-hybridized carbons (Fsp3) is 0.929. The quantitative estimate of drug-likeness (QED) is 0.814. The van der Waals surface area contributed by atoms with Crippen molar-refractivity contribution in [1.29, 1.82) is 0 Å². The first kappa shape index (κ1) is 13.2. The van der Waals surface area contributed by atoms with Gasteiger partial charge in [-0.3, -0.25) is 0 Å². The van der Waals surface area contributed by atoms with Gasteiger partial charge in [0.25, 0.3) is 0 Å². The Bertz CT molecular complexity index is 314. The molecule has 3 rings (SSSR count). The molecule has 5 heteroatoms. The van der Waals surface area contributed by atoms with Gasteiger partial charge < -0.3 is 20.1 Å². The molecule has 2 amide bonds. The van der Waals surface area contributed by atoms with Crippen LogP contribution in [0.5, 0.6) is 0 Å². The van der Waals surface area contributed by atoms with E-state index in [9.17, 15) is 4.79 Å². The van der Waals surface area contributed by atoms with E-state index in [1.54, 1.807) is 0 Å². The zero-order valence-corrected chi connectivity index (χ0v) is 11.4. The summed E-state index contributed by atoms with van der Waals surface area (Å²) in [7, 11) is 0. The maximum atomic E-state index is 12.0. The predicted octanol–water partition coefficient (Wildman–Crippen LogP) is 1.42. The van der Waals surface area contributed by atoms with Crippen LogP contribution in [0.25, 0.3) is 0 Å². The van der Waals surface area contributed by atoms with E-state index >= 15 is 0 Å². The van der Waals surface area contributed by atoms with Crippen molar-refractivity contribution < 1.29 is 14.3 Å². The second-order valence-corrected chi connectivity index (χ2v) is 5.97. The second-order valence-electron chi connectivity index (χ2n) is 5.97. The van der Waals surface area contributed by atoms with Gasteiger partial charge in [-0.05, 0) is 44.4 Å². The molecule has 0 bridgehead atoms. The molecule has 0 aromatic carbocycles. The van der Waals surface area contributed by atoms with Gasteiger partial charge in [-0.15, -0.1) is 0 Å². The van der Waals surface area contributed by atoms with Gasteiger partial charge in [0.2, 0.25) is 0 Å². The highest BCUT2D eigenvalue weighted by molar-refractivity contribution is 5.74. The van der Waals surface area contributed by atoms with E-state index < -0.39 is 0 Å². The summed E-state index contributed by atoms with van der Waals surface area (Å²) in [5.74, 6) is 0.753. The summed E-state index contributed by atoms with van der Waals surface area (Å²) in [5.41, 5.74) is 0. The normalized spacial score (nSPS) is 32.8. The molecule has 2 heterocycles. The van der Waals surface area contributed by atoms with E-state index in [1.165, 1.54) is 12.8 Å². The Morgan fingerprint density at radius 2 is 1.58 bits per heavy atom. The van der Waals surface area contributed by atoms with E-state index in [2.05, 4.69) is 10.6 Å². The molecular formula is C14H24N2O3. The maximum absolute atomic E-state index is 12.0. The molecule has 1 saturated carbocycles. The molecule has 2 N–H and O–H groups in total. The van der Waals surface area contributed by atoms with E-state index in [-0.39, 0.29) is 18.1 Å². The lowest BCUT2D eigenvalue weighted by Crippen LogP contribution is -2.50. The minimum atomic E-state index is -0.0200. The Hall–Kier alpha value is -0.810. The Morgan fingerprint density at radius 3 is 2.32 bits per heavy atom. The highest BCUT2D eigenvalue weighted by Gasteiger charge is 2.36. The molecule has 0 aromatic heterocycles. The van der Waals surface area contributed by atoms with Crippen molar-refractivity contribution in [2.24, 2.45) is 5.92 Å². The summed E-state index contributed by atoms with van der Waals surface area (Å²) in [6.07, 6.45) is 6.73. The van der Waals surface area contributed by atoms with Crippen LogP contribution in [0.3, 0.4) is 0 Å². The summed E-state index contributed by atoms with van der Waals surface area (Å²) >= 11 is 0. The van der Waals surface area contributed by atoms with Crippen LogP contribution < -0.4 is 10.6 Å². The first-order valence-electron chi connectivity index (χ1n) is 7.57. The zero-order chi connectivity index (χ0) is 13.1. The summed E-state index contributed by atoms with van der Waals surface area (Å²) in [4.78, 5) is 12.0. The van der Waals surface area contributed by atoms with Crippen LogP contribution in [0.15, 0.2) is 0 Å². The van der Waals surface area contributed by atoms with Crippen LogP contribution >= 0.6 is 0 Å². The third-order valence-corrected chi connectivity index (χ3v) is 4.35. The first-order valence-corrected chi connectivity index (χ1v) is 7.57. The lowest BCUT2D eigenvalue weighted by molar-refractivity contribution is -0.00927. The average molecular weight is 268 g/mol.